The standard InChI is InChI=1S/C12H16N2O4S.ClH/c1-18-12(15)9-2-4-11(5-3-9)19(16,17)14-7-6-10(13)8-14;/h2-5,10H,6-8,13H2,1H3;1H/t10-;/m1./s1. The summed E-state index contributed by atoms with van der Waals surface area (Å²) in [6, 6.07) is 5.59. The Balaban J connectivity index is 0.00000200. The van der Waals surface area contributed by atoms with Crippen molar-refractivity contribution in [2.75, 3.05) is 20.2 Å². The number of benzene rings is 1. The lowest BCUT2D eigenvalue weighted by atomic mass is 10.2. The summed E-state index contributed by atoms with van der Waals surface area (Å²) in [5.74, 6) is -0.493. The average Bonchev–Trinajstić information content (AvgIpc) is 2.85. The fourth-order valence-corrected chi connectivity index (χ4v) is 3.51. The Morgan fingerprint density at radius 2 is 1.95 bits per heavy atom. The van der Waals surface area contributed by atoms with Crippen LogP contribution in [0.2, 0.25) is 0 Å². The molecule has 1 aliphatic rings. The van der Waals surface area contributed by atoms with Crippen molar-refractivity contribution in [1.29, 1.82) is 0 Å². The summed E-state index contributed by atoms with van der Waals surface area (Å²) in [4.78, 5) is 11.4. The fourth-order valence-electron chi connectivity index (χ4n) is 2.00. The van der Waals surface area contributed by atoms with Crippen molar-refractivity contribution in [2.45, 2.75) is 17.4 Å². The van der Waals surface area contributed by atoms with Crippen molar-refractivity contribution in [1.82, 2.24) is 4.31 Å². The Bertz CT molecular complexity index is 574. The second-order valence-corrected chi connectivity index (χ2v) is 6.37. The van der Waals surface area contributed by atoms with Gasteiger partial charge in [-0.3, -0.25) is 0 Å². The number of carbonyl (C=O) groups excluding carboxylic acids is 1. The number of hydrogen-bond donors (Lipinski definition) is 1. The summed E-state index contributed by atoms with van der Waals surface area (Å²) in [6.45, 7) is 0.767. The van der Waals surface area contributed by atoms with Crippen LogP contribution >= 0.6 is 12.4 Å². The lowest BCUT2D eigenvalue weighted by Crippen LogP contribution is -2.31. The fraction of sp³-hybridized carbons (Fsp3) is 0.417. The number of carbonyl (C=O) groups is 1. The van der Waals surface area contributed by atoms with Crippen LogP contribution in [-0.2, 0) is 14.8 Å². The van der Waals surface area contributed by atoms with Gasteiger partial charge in [0, 0.05) is 19.1 Å². The number of methoxy groups -OCH3 is 1. The number of nitrogens with zero attached hydrogens (tertiary/aromatic N) is 1. The first-order chi connectivity index (χ1) is 8.95. The van der Waals surface area contributed by atoms with Gasteiger partial charge in [-0.25, -0.2) is 13.2 Å². The average molecular weight is 321 g/mol. The van der Waals surface area contributed by atoms with E-state index in [2.05, 4.69) is 4.74 Å². The molecule has 0 saturated carbocycles. The topological polar surface area (TPSA) is 89.7 Å². The molecule has 1 saturated heterocycles. The maximum atomic E-state index is 12.3. The highest BCUT2D eigenvalue weighted by Crippen LogP contribution is 2.20. The Morgan fingerprint density at radius 1 is 1.35 bits per heavy atom. The number of rotatable bonds is 3. The van der Waals surface area contributed by atoms with E-state index in [0.29, 0.717) is 25.1 Å². The van der Waals surface area contributed by atoms with Crippen LogP contribution in [0.5, 0.6) is 0 Å². The quantitative estimate of drug-likeness (QED) is 0.824. The van der Waals surface area contributed by atoms with E-state index in [1.165, 1.54) is 35.7 Å². The van der Waals surface area contributed by atoms with E-state index >= 15 is 0 Å². The van der Waals surface area contributed by atoms with E-state index in [1.54, 1.807) is 0 Å². The summed E-state index contributed by atoms with van der Waals surface area (Å²) in [5, 5.41) is 0. The van der Waals surface area contributed by atoms with Gasteiger partial charge < -0.3 is 10.5 Å². The van der Waals surface area contributed by atoms with Crippen molar-refractivity contribution in [3.8, 4) is 0 Å². The Hall–Kier alpha value is -1.15. The van der Waals surface area contributed by atoms with Crippen LogP contribution in [0.25, 0.3) is 0 Å². The van der Waals surface area contributed by atoms with Crippen LogP contribution < -0.4 is 5.73 Å². The van der Waals surface area contributed by atoms with Gasteiger partial charge in [-0.05, 0) is 30.7 Å². The zero-order valence-electron chi connectivity index (χ0n) is 11.0. The zero-order chi connectivity index (χ0) is 14.0. The van der Waals surface area contributed by atoms with Crippen LogP contribution in [0, 0.1) is 0 Å². The van der Waals surface area contributed by atoms with Crippen LogP contribution in [-0.4, -0.2) is 44.9 Å². The summed E-state index contributed by atoms with van der Waals surface area (Å²) in [6.07, 6.45) is 0.666. The van der Waals surface area contributed by atoms with E-state index < -0.39 is 16.0 Å². The molecule has 8 heteroatoms. The SMILES string of the molecule is COC(=O)c1ccc(S(=O)(=O)N2CC[C@@H](N)C2)cc1.Cl. The second-order valence-electron chi connectivity index (χ2n) is 4.43. The van der Waals surface area contributed by atoms with Crippen molar-refractivity contribution < 1.29 is 17.9 Å². The molecule has 0 amide bonds. The molecule has 0 radical (unpaired) electrons. The molecule has 112 valence electrons. The molecule has 6 nitrogen and oxygen atoms in total. The van der Waals surface area contributed by atoms with E-state index in [-0.39, 0.29) is 23.3 Å². The molecule has 1 atom stereocenters. The lowest BCUT2D eigenvalue weighted by Gasteiger charge is -2.15. The molecule has 0 spiro atoms. The van der Waals surface area contributed by atoms with Gasteiger partial charge in [-0.2, -0.15) is 4.31 Å². The number of sulfonamides is 1. The van der Waals surface area contributed by atoms with E-state index in [1.807, 2.05) is 0 Å². The largest absolute Gasteiger partial charge is 0.465 e. The highest BCUT2D eigenvalue weighted by molar-refractivity contribution is 7.89. The van der Waals surface area contributed by atoms with Crippen LogP contribution in [0.1, 0.15) is 16.8 Å². The number of halogens is 1. The molecule has 0 unspecified atom stereocenters. The normalized spacial score (nSPS) is 19.4. The lowest BCUT2D eigenvalue weighted by molar-refractivity contribution is 0.0600. The number of nitrogens with two attached hydrogens (primary N) is 1. The monoisotopic (exact) mass is 320 g/mol. The van der Waals surface area contributed by atoms with Gasteiger partial charge in [0.15, 0.2) is 0 Å². The van der Waals surface area contributed by atoms with Gasteiger partial charge in [0.1, 0.15) is 0 Å². The molecule has 2 N–H and O–H groups in total. The molecule has 2 rings (SSSR count). The van der Waals surface area contributed by atoms with E-state index in [4.69, 9.17) is 5.73 Å². The van der Waals surface area contributed by atoms with Crippen LogP contribution in [0.4, 0.5) is 0 Å². The molecule has 0 aliphatic carbocycles. The molecule has 1 aliphatic heterocycles. The molecule has 1 aromatic rings. The smallest absolute Gasteiger partial charge is 0.337 e. The minimum atomic E-state index is -3.52. The molecule has 1 aromatic carbocycles. The van der Waals surface area contributed by atoms with Crippen LogP contribution in [0.3, 0.4) is 0 Å². The molecule has 0 bridgehead atoms. The van der Waals surface area contributed by atoms with Crippen molar-refractivity contribution >= 4 is 28.4 Å². The number of hydrogen-bond acceptors (Lipinski definition) is 5. The second kappa shape index (κ2) is 6.53. The third kappa shape index (κ3) is 3.29. The van der Waals surface area contributed by atoms with Gasteiger partial charge >= 0.3 is 5.97 Å². The highest BCUT2D eigenvalue weighted by atomic mass is 35.5. The summed E-state index contributed by atoms with van der Waals surface area (Å²) >= 11 is 0. The minimum absolute atomic E-state index is 0. The first-order valence-electron chi connectivity index (χ1n) is 5.89. The van der Waals surface area contributed by atoms with Crippen LogP contribution in [0.15, 0.2) is 29.2 Å². The van der Waals surface area contributed by atoms with Gasteiger partial charge in [0.2, 0.25) is 10.0 Å². The van der Waals surface area contributed by atoms with Gasteiger partial charge in [-0.1, -0.05) is 0 Å². The maximum Gasteiger partial charge on any atom is 0.337 e. The van der Waals surface area contributed by atoms with Gasteiger partial charge in [-0.15, -0.1) is 12.4 Å². The summed E-state index contributed by atoms with van der Waals surface area (Å²) in [7, 11) is -2.24. The van der Waals surface area contributed by atoms with Gasteiger partial charge in [0.05, 0.1) is 17.6 Å². The molecule has 20 heavy (non-hydrogen) atoms. The van der Waals surface area contributed by atoms with E-state index in [0.717, 1.165) is 0 Å². The van der Waals surface area contributed by atoms with Crippen molar-refractivity contribution in [2.24, 2.45) is 5.73 Å². The predicted molar refractivity (Wildman–Crippen MR) is 76.4 cm³/mol. The molecular weight excluding hydrogens is 304 g/mol. The predicted octanol–water partition coefficient (Wildman–Crippen LogP) is 0.617. The molecule has 1 heterocycles. The third-order valence-electron chi connectivity index (χ3n) is 3.10. The first-order valence-corrected chi connectivity index (χ1v) is 7.33. The summed E-state index contributed by atoms with van der Waals surface area (Å²) in [5.41, 5.74) is 6.03. The first kappa shape index (κ1) is 16.9. The van der Waals surface area contributed by atoms with Gasteiger partial charge in [0.25, 0.3) is 0 Å². The molecule has 0 aromatic heterocycles. The number of ether oxygens (including phenoxy) is 1. The van der Waals surface area contributed by atoms with E-state index in [9.17, 15) is 13.2 Å². The maximum absolute atomic E-state index is 12.3. The Labute approximate surface area is 124 Å². The minimum Gasteiger partial charge on any atom is -0.465 e. The summed E-state index contributed by atoms with van der Waals surface area (Å²) < 4.78 is 30.5. The van der Waals surface area contributed by atoms with Crippen molar-refractivity contribution in [3.05, 3.63) is 29.8 Å². The van der Waals surface area contributed by atoms with Crippen molar-refractivity contribution in [3.63, 3.8) is 0 Å². The highest BCUT2D eigenvalue weighted by Gasteiger charge is 2.30. The molecule has 1 fully saturated rings. The Kier molecular flexibility index (Phi) is 5.52. The molecular formula is C12H17ClN2O4S. The Morgan fingerprint density at radius 3 is 2.40 bits per heavy atom. The number of esters is 1. The third-order valence-corrected chi connectivity index (χ3v) is 4.98. The zero-order valence-corrected chi connectivity index (χ0v) is 12.6.